The lowest BCUT2D eigenvalue weighted by molar-refractivity contribution is -0.167. The van der Waals surface area contributed by atoms with Gasteiger partial charge in [-0.3, -0.25) is 38.4 Å². The number of allylic oxidation sites excluding steroid dienone is 1. The van der Waals surface area contributed by atoms with E-state index in [0.29, 0.717) is 30.4 Å². The molecular formula is C53H74N8O14. The Morgan fingerprint density at radius 2 is 1.51 bits per heavy atom. The van der Waals surface area contributed by atoms with Gasteiger partial charge in [-0.1, -0.05) is 88.7 Å². The maximum Gasteiger partial charge on any atom is 0.329 e. The number of aliphatic hydroxyl groups excluding tert-OH is 3. The number of amides is 8. The number of carbonyl (C=O) groups is 9. The molecule has 5 rings (SSSR count). The standard InChI is InChI=1S/C53H74N8O14/c1-7-29(4)43-53(74)75-30(5)44(59-46(67)36(21-23-41(54)65)55-49(70)40(64)27-33-15-19-35(63)20-16-33)50(71)57-38(25-32-13-17-34(62)18-14-32)47(68)56-37-22-24-42(66)61(51(37)72)45(28(2)3)52(73)60(6)39(48(69)58-43)26-31-11-9-8-10-12-31/h8-13,15-17,19-20,28-30,32,34,36-40,42-45,62-64,66H,7,14,18,21-27H2,1-6H3,(H2,54,65)(H,55,70)(H,56,68)(H,57,71)(H,58,69)(H,59,67)/t29-,30-,32-,34-,36+,37-,38-,39-,40-,42+,43-,44-,45-/m0/s1. The molecule has 2 bridgehead atoms. The van der Waals surface area contributed by atoms with Gasteiger partial charge < -0.3 is 67.3 Å². The van der Waals surface area contributed by atoms with Gasteiger partial charge >= 0.3 is 5.97 Å². The summed E-state index contributed by atoms with van der Waals surface area (Å²) >= 11 is 0. The number of fused-ring (bicyclic) bond motifs is 2. The number of primary amides is 1. The number of ether oxygens (including phenoxy) is 1. The van der Waals surface area contributed by atoms with Gasteiger partial charge in [0.15, 0.2) is 0 Å². The molecule has 1 aliphatic carbocycles. The highest BCUT2D eigenvalue weighted by Gasteiger charge is 2.47. The lowest BCUT2D eigenvalue weighted by Gasteiger charge is -2.44. The minimum absolute atomic E-state index is 0.0539. The average Bonchev–Trinajstić information content (AvgIpc) is 3.37. The molecule has 8 amide bonds. The third-order valence-electron chi connectivity index (χ3n) is 14.2. The van der Waals surface area contributed by atoms with Gasteiger partial charge in [-0.25, -0.2) is 4.79 Å². The molecule has 0 saturated carbocycles. The number of nitrogens with two attached hydrogens (primary N) is 1. The van der Waals surface area contributed by atoms with Crippen molar-refractivity contribution in [1.82, 2.24) is 36.4 Å². The smallest absolute Gasteiger partial charge is 0.329 e. The number of carbonyl (C=O) groups excluding carboxylic acids is 9. The first-order valence-electron chi connectivity index (χ1n) is 25.6. The second-order valence-electron chi connectivity index (χ2n) is 20.2. The third kappa shape index (κ3) is 16.0. The fraction of sp³-hybridized carbons (Fsp3) is 0.566. The van der Waals surface area contributed by atoms with Crippen LogP contribution in [0.15, 0.2) is 66.7 Å². The van der Waals surface area contributed by atoms with E-state index in [-0.39, 0.29) is 37.9 Å². The van der Waals surface area contributed by atoms with E-state index in [0.717, 1.165) is 4.90 Å². The average molecular weight is 1050 g/mol. The van der Waals surface area contributed by atoms with E-state index in [1.165, 1.54) is 43.1 Å². The first-order chi connectivity index (χ1) is 35.5. The zero-order valence-electron chi connectivity index (χ0n) is 43.3. The molecule has 11 N–H and O–H groups in total. The Labute approximate surface area is 436 Å². The van der Waals surface area contributed by atoms with Crippen LogP contribution in [0, 0.1) is 17.8 Å². The number of aromatic hydroxyl groups is 1. The summed E-state index contributed by atoms with van der Waals surface area (Å²) < 4.78 is 5.96. The van der Waals surface area contributed by atoms with E-state index in [1.54, 1.807) is 70.2 Å². The number of piperidine rings is 1. The number of cyclic esters (lactones) is 1. The minimum Gasteiger partial charge on any atom is -0.508 e. The number of nitrogens with zero attached hydrogens (tertiary/aromatic N) is 2. The fourth-order valence-corrected chi connectivity index (χ4v) is 9.48. The number of nitrogens with one attached hydrogen (secondary N) is 5. The number of phenolic OH excluding ortho intramolecular Hbond substituents is 1. The van der Waals surface area contributed by atoms with Crippen LogP contribution in [0.3, 0.4) is 0 Å². The lowest BCUT2D eigenvalue weighted by atomic mass is 9.88. The summed E-state index contributed by atoms with van der Waals surface area (Å²) in [6.07, 6.45) is -2.76. The van der Waals surface area contributed by atoms with Crippen molar-refractivity contribution in [3.05, 3.63) is 77.9 Å². The summed E-state index contributed by atoms with van der Waals surface area (Å²) in [6, 6.07) is 4.02. The second kappa shape index (κ2) is 27.0. The Morgan fingerprint density at radius 3 is 2.12 bits per heavy atom. The summed E-state index contributed by atoms with van der Waals surface area (Å²) in [5, 5.41) is 55.3. The highest BCUT2D eigenvalue weighted by Crippen LogP contribution is 2.28. The van der Waals surface area contributed by atoms with Crippen LogP contribution in [-0.2, 0) is 60.7 Å². The van der Waals surface area contributed by atoms with E-state index in [4.69, 9.17) is 10.5 Å². The van der Waals surface area contributed by atoms with Crippen LogP contribution in [0.4, 0.5) is 0 Å². The molecule has 2 saturated heterocycles. The van der Waals surface area contributed by atoms with E-state index >= 15 is 0 Å². The summed E-state index contributed by atoms with van der Waals surface area (Å²) in [7, 11) is 1.38. The Hall–Kier alpha value is -6.91. The number of esters is 1. The van der Waals surface area contributed by atoms with Crippen LogP contribution < -0.4 is 32.3 Å². The molecule has 2 heterocycles. The van der Waals surface area contributed by atoms with Gasteiger partial charge in [0.1, 0.15) is 66.5 Å². The van der Waals surface area contributed by atoms with Crippen molar-refractivity contribution >= 4 is 53.2 Å². The number of hydrogen-bond acceptors (Lipinski definition) is 14. The fourth-order valence-electron chi connectivity index (χ4n) is 9.48. The Morgan fingerprint density at radius 1 is 0.827 bits per heavy atom. The monoisotopic (exact) mass is 1050 g/mol. The molecule has 2 aliphatic heterocycles. The van der Waals surface area contributed by atoms with Crippen molar-refractivity contribution in [1.29, 1.82) is 0 Å². The second-order valence-corrected chi connectivity index (χ2v) is 20.2. The molecule has 13 atom stereocenters. The molecule has 410 valence electrons. The number of aliphatic hydroxyl groups is 3. The van der Waals surface area contributed by atoms with Crippen LogP contribution in [0.5, 0.6) is 5.75 Å². The van der Waals surface area contributed by atoms with Gasteiger partial charge in [0, 0.05) is 26.3 Å². The van der Waals surface area contributed by atoms with Crippen molar-refractivity contribution in [2.75, 3.05) is 7.05 Å². The molecular weight excluding hydrogens is 973 g/mol. The van der Waals surface area contributed by atoms with E-state index in [9.17, 15) is 63.6 Å². The summed E-state index contributed by atoms with van der Waals surface area (Å²) in [5.41, 5.74) is 6.53. The normalized spacial score (nSPS) is 27.5. The SMILES string of the molecule is CC[C@H](C)[C@@H]1NC(=O)[C@H](Cc2ccccc2)N(C)C(=O)[C@H](C(C)C)N2C(=O)[C@H](CC[C@H]2O)NC(=O)[C@H](C[C@H]2C=C[C@H](O)CC2)NC(=O)[C@@H](NC(=O)[C@@H](CCC(N)=O)NC(=O)[C@@H](O)Cc2ccc(O)cc2)[C@H](C)OC1=O. The molecule has 0 radical (unpaired) electrons. The van der Waals surface area contributed by atoms with Crippen molar-refractivity contribution in [3.63, 3.8) is 0 Å². The molecule has 75 heavy (non-hydrogen) atoms. The first-order valence-corrected chi connectivity index (χ1v) is 25.6. The van der Waals surface area contributed by atoms with Gasteiger partial charge in [-0.15, -0.1) is 0 Å². The summed E-state index contributed by atoms with van der Waals surface area (Å²) in [4.78, 5) is 130. The number of hydrogen-bond donors (Lipinski definition) is 10. The van der Waals surface area contributed by atoms with E-state index in [2.05, 4.69) is 26.6 Å². The van der Waals surface area contributed by atoms with E-state index in [1.807, 2.05) is 0 Å². The van der Waals surface area contributed by atoms with Gasteiger partial charge in [-0.2, -0.15) is 0 Å². The number of likely N-dealkylation sites (N-methyl/N-ethyl adjacent to an activating group) is 1. The first kappa shape index (κ1) is 59.0. The van der Waals surface area contributed by atoms with Crippen LogP contribution in [0.25, 0.3) is 0 Å². The van der Waals surface area contributed by atoms with Crippen LogP contribution in [-0.4, -0.2) is 157 Å². The zero-order chi connectivity index (χ0) is 55.3. The Kier molecular flexibility index (Phi) is 21.3. The number of benzene rings is 2. The van der Waals surface area contributed by atoms with Gasteiger partial charge in [0.05, 0.1) is 6.10 Å². The van der Waals surface area contributed by atoms with Crippen LogP contribution in [0.2, 0.25) is 0 Å². The maximum absolute atomic E-state index is 14.9. The molecule has 22 heteroatoms. The zero-order valence-corrected chi connectivity index (χ0v) is 43.3. The number of rotatable bonds is 16. The molecule has 22 nitrogen and oxygen atoms in total. The predicted molar refractivity (Wildman–Crippen MR) is 271 cm³/mol. The van der Waals surface area contributed by atoms with Gasteiger partial charge in [0.25, 0.3) is 0 Å². The molecule has 0 unspecified atom stereocenters. The van der Waals surface area contributed by atoms with Crippen LogP contribution in [0.1, 0.15) is 97.1 Å². The summed E-state index contributed by atoms with van der Waals surface area (Å²) in [5.74, 6) is -10.0. The predicted octanol–water partition coefficient (Wildman–Crippen LogP) is -0.271. The maximum atomic E-state index is 14.9. The highest BCUT2D eigenvalue weighted by molar-refractivity contribution is 5.98. The van der Waals surface area contributed by atoms with Crippen molar-refractivity contribution < 1.29 is 68.3 Å². The number of phenols is 1. The minimum atomic E-state index is -1.88. The molecule has 2 fully saturated rings. The van der Waals surface area contributed by atoms with Crippen molar-refractivity contribution in [2.45, 2.75) is 166 Å². The Bertz CT molecular complexity index is 2390. The van der Waals surface area contributed by atoms with Crippen molar-refractivity contribution in [3.8, 4) is 5.75 Å². The third-order valence-corrected chi connectivity index (χ3v) is 14.2. The van der Waals surface area contributed by atoms with Crippen molar-refractivity contribution in [2.24, 2.45) is 23.5 Å². The lowest BCUT2D eigenvalue weighted by Crippen LogP contribution is -2.66. The molecule has 3 aliphatic rings. The largest absolute Gasteiger partial charge is 0.508 e. The molecule has 0 aromatic heterocycles. The van der Waals surface area contributed by atoms with Gasteiger partial charge in [-0.05, 0) is 86.5 Å². The van der Waals surface area contributed by atoms with Crippen LogP contribution >= 0.6 is 0 Å². The molecule has 0 spiro atoms. The molecule has 2 aromatic rings. The summed E-state index contributed by atoms with van der Waals surface area (Å²) in [6.45, 7) is 8.03. The molecule has 2 aromatic carbocycles. The topological polar surface area (TPSA) is 336 Å². The van der Waals surface area contributed by atoms with Gasteiger partial charge in [0.2, 0.25) is 47.3 Å². The highest BCUT2D eigenvalue weighted by atomic mass is 16.5. The Balaban J connectivity index is 1.59. The quantitative estimate of drug-likeness (QED) is 0.0765. The van der Waals surface area contributed by atoms with E-state index < -0.39 is 151 Å².